The molecule has 0 bridgehead atoms. The molecule has 10 heteroatoms. The molecule has 1 aromatic carbocycles. The summed E-state index contributed by atoms with van der Waals surface area (Å²) >= 11 is 0. The minimum Gasteiger partial charge on any atom is -0.490 e. The molecule has 0 unspecified atom stereocenters. The van der Waals surface area contributed by atoms with Crippen molar-refractivity contribution in [2.75, 3.05) is 13.7 Å². The maximum absolute atomic E-state index is 11.6. The number of aryl methyl sites for hydroxylation is 1. The summed E-state index contributed by atoms with van der Waals surface area (Å²) in [5.41, 5.74) is -0.199. The summed E-state index contributed by atoms with van der Waals surface area (Å²) in [5, 5.41) is 18.2. The molecule has 0 aliphatic carbocycles. The van der Waals surface area contributed by atoms with E-state index in [9.17, 15) is 14.9 Å². The number of rotatable bonds is 8. The number of nitro groups is 1. The van der Waals surface area contributed by atoms with Crippen LogP contribution in [0.5, 0.6) is 11.5 Å². The number of nitro benzene ring substituents is 1. The average Bonchev–Trinajstić information content (AvgIpc) is 3.05. The van der Waals surface area contributed by atoms with Crippen molar-refractivity contribution in [1.29, 1.82) is 0 Å². The quantitative estimate of drug-likeness (QED) is 0.401. The van der Waals surface area contributed by atoms with Crippen molar-refractivity contribution in [2.45, 2.75) is 20.0 Å². The summed E-state index contributed by atoms with van der Waals surface area (Å²) in [7, 11) is 1.30. The Balaban J connectivity index is 1.86. The lowest BCUT2D eigenvalue weighted by atomic mass is 10.3. The second-order valence-corrected chi connectivity index (χ2v) is 4.48. The first-order chi connectivity index (χ1) is 11.5. The molecule has 2 rings (SSSR count). The molecule has 1 aromatic heterocycles. The molecule has 1 heterocycles. The lowest BCUT2D eigenvalue weighted by Crippen LogP contribution is -2.15. The Bertz CT molecular complexity index is 729. The first-order valence-electron chi connectivity index (χ1n) is 6.95. The van der Waals surface area contributed by atoms with Crippen molar-refractivity contribution < 1.29 is 28.3 Å². The van der Waals surface area contributed by atoms with Crippen molar-refractivity contribution in [3.05, 3.63) is 40.1 Å². The molecule has 0 fully saturated rings. The minimum atomic E-state index is -0.649. The van der Waals surface area contributed by atoms with Crippen LogP contribution in [0.4, 0.5) is 5.69 Å². The van der Waals surface area contributed by atoms with Crippen molar-refractivity contribution in [3.8, 4) is 11.5 Å². The van der Waals surface area contributed by atoms with Gasteiger partial charge < -0.3 is 18.6 Å². The summed E-state index contributed by atoms with van der Waals surface area (Å²) in [6.07, 6.45) is 0.589. The zero-order chi connectivity index (χ0) is 17.5. The van der Waals surface area contributed by atoms with Crippen LogP contribution in [0.1, 0.15) is 18.7 Å². The maximum Gasteiger partial charge on any atom is 0.344 e. The van der Waals surface area contributed by atoms with E-state index in [1.54, 1.807) is 0 Å². The van der Waals surface area contributed by atoms with Gasteiger partial charge in [0.05, 0.1) is 12.0 Å². The van der Waals surface area contributed by atoms with Gasteiger partial charge in [0, 0.05) is 18.6 Å². The highest BCUT2D eigenvalue weighted by atomic mass is 16.6. The van der Waals surface area contributed by atoms with E-state index in [1.807, 2.05) is 6.92 Å². The molecular weight excluding hydrogens is 322 g/mol. The SMILES string of the molecule is CCc1nnc(COC(=O)COc2ccc([N+](=O)[O-])c(OC)c2)o1. The van der Waals surface area contributed by atoms with Gasteiger partial charge in [-0.1, -0.05) is 6.92 Å². The predicted molar refractivity (Wildman–Crippen MR) is 78.6 cm³/mol. The van der Waals surface area contributed by atoms with E-state index in [1.165, 1.54) is 25.3 Å². The van der Waals surface area contributed by atoms with Crippen LogP contribution in [0.2, 0.25) is 0 Å². The lowest BCUT2D eigenvalue weighted by molar-refractivity contribution is -0.385. The van der Waals surface area contributed by atoms with Crippen LogP contribution in [0.3, 0.4) is 0 Å². The highest BCUT2D eigenvalue weighted by Crippen LogP contribution is 2.30. The fraction of sp³-hybridized carbons (Fsp3) is 0.357. The van der Waals surface area contributed by atoms with Crippen molar-refractivity contribution in [1.82, 2.24) is 10.2 Å². The number of ether oxygens (including phenoxy) is 3. The van der Waals surface area contributed by atoms with E-state index in [4.69, 9.17) is 18.6 Å². The van der Waals surface area contributed by atoms with Crippen molar-refractivity contribution in [2.24, 2.45) is 0 Å². The fourth-order valence-electron chi connectivity index (χ4n) is 1.71. The maximum atomic E-state index is 11.6. The molecule has 0 aliphatic heterocycles. The summed E-state index contributed by atoms with van der Waals surface area (Å²) < 4.78 is 20.2. The van der Waals surface area contributed by atoms with Crippen molar-refractivity contribution in [3.63, 3.8) is 0 Å². The number of hydrogen-bond acceptors (Lipinski definition) is 9. The normalized spacial score (nSPS) is 10.2. The lowest BCUT2D eigenvalue weighted by Gasteiger charge is -2.07. The van der Waals surface area contributed by atoms with Gasteiger partial charge in [-0.3, -0.25) is 10.1 Å². The molecule has 0 amide bonds. The Morgan fingerprint density at radius 3 is 2.71 bits per heavy atom. The summed E-state index contributed by atoms with van der Waals surface area (Å²) in [6.45, 7) is 1.32. The molecule has 0 aliphatic rings. The standard InChI is InChI=1S/C14H15N3O7/c1-3-12-15-16-13(24-12)7-23-14(18)8-22-9-4-5-10(17(19)20)11(6-9)21-2/h4-6H,3,7-8H2,1-2H3. The monoisotopic (exact) mass is 337 g/mol. The summed E-state index contributed by atoms with van der Waals surface area (Å²) in [5.74, 6) is 0.264. The summed E-state index contributed by atoms with van der Waals surface area (Å²) in [4.78, 5) is 21.8. The first-order valence-corrected chi connectivity index (χ1v) is 6.95. The van der Waals surface area contributed by atoms with Crippen LogP contribution in [-0.4, -0.2) is 34.8 Å². The van der Waals surface area contributed by atoms with E-state index < -0.39 is 10.9 Å². The molecule has 0 saturated carbocycles. The average molecular weight is 337 g/mol. The number of hydrogen-bond donors (Lipinski definition) is 0. The zero-order valence-corrected chi connectivity index (χ0v) is 13.1. The second kappa shape index (κ2) is 7.90. The van der Waals surface area contributed by atoms with Gasteiger partial charge >= 0.3 is 11.7 Å². The van der Waals surface area contributed by atoms with Gasteiger partial charge in [0.25, 0.3) is 5.89 Å². The number of carbonyl (C=O) groups excluding carboxylic acids is 1. The highest BCUT2D eigenvalue weighted by molar-refractivity contribution is 5.71. The van der Waals surface area contributed by atoms with Gasteiger partial charge in [0.2, 0.25) is 11.6 Å². The largest absolute Gasteiger partial charge is 0.490 e. The Labute approximate surface area is 136 Å². The van der Waals surface area contributed by atoms with Crippen LogP contribution in [0, 0.1) is 10.1 Å². The minimum absolute atomic E-state index is 0.0313. The van der Waals surface area contributed by atoms with Gasteiger partial charge in [-0.25, -0.2) is 4.79 Å². The van der Waals surface area contributed by atoms with E-state index in [2.05, 4.69) is 10.2 Å². The highest BCUT2D eigenvalue weighted by Gasteiger charge is 2.16. The third-order valence-electron chi connectivity index (χ3n) is 2.87. The van der Waals surface area contributed by atoms with E-state index in [0.717, 1.165) is 0 Å². The molecule has 0 atom stereocenters. The number of aromatic nitrogens is 2. The predicted octanol–water partition coefficient (Wildman–Crippen LogP) is 1.67. The Morgan fingerprint density at radius 1 is 1.33 bits per heavy atom. The van der Waals surface area contributed by atoms with Crippen LogP contribution in [-0.2, 0) is 22.6 Å². The van der Waals surface area contributed by atoms with Crippen LogP contribution < -0.4 is 9.47 Å². The molecule has 0 radical (unpaired) electrons. The van der Waals surface area contributed by atoms with Gasteiger partial charge in [0.1, 0.15) is 5.75 Å². The molecule has 128 valence electrons. The van der Waals surface area contributed by atoms with Gasteiger partial charge in [-0.05, 0) is 6.07 Å². The van der Waals surface area contributed by atoms with Crippen LogP contribution in [0.25, 0.3) is 0 Å². The topological polar surface area (TPSA) is 127 Å². The molecule has 0 spiro atoms. The third-order valence-corrected chi connectivity index (χ3v) is 2.87. The Kier molecular flexibility index (Phi) is 5.66. The van der Waals surface area contributed by atoms with Crippen LogP contribution >= 0.6 is 0 Å². The first kappa shape index (κ1) is 17.2. The number of carbonyl (C=O) groups is 1. The Morgan fingerprint density at radius 2 is 2.08 bits per heavy atom. The number of benzene rings is 1. The molecular formula is C14H15N3O7. The van der Waals surface area contributed by atoms with Crippen molar-refractivity contribution >= 4 is 11.7 Å². The molecule has 10 nitrogen and oxygen atoms in total. The van der Waals surface area contributed by atoms with E-state index in [0.29, 0.717) is 12.3 Å². The number of nitrogens with zero attached hydrogens (tertiary/aromatic N) is 3. The number of esters is 1. The van der Waals surface area contributed by atoms with E-state index >= 15 is 0 Å². The van der Waals surface area contributed by atoms with E-state index in [-0.39, 0.29) is 36.3 Å². The Hall–Kier alpha value is -3.17. The molecule has 2 aromatic rings. The molecule has 0 saturated heterocycles. The second-order valence-electron chi connectivity index (χ2n) is 4.48. The van der Waals surface area contributed by atoms with Crippen LogP contribution in [0.15, 0.2) is 22.6 Å². The van der Waals surface area contributed by atoms with Gasteiger partial charge in [0.15, 0.2) is 13.2 Å². The number of methoxy groups -OCH3 is 1. The molecule has 0 N–H and O–H groups in total. The third kappa shape index (κ3) is 4.41. The fourth-order valence-corrected chi connectivity index (χ4v) is 1.71. The zero-order valence-electron chi connectivity index (χ0n) is 13.1. The summed E-state index contributed by atoms with van der Waals surface area (Å²) in [6, 6.07) is 3.90. The van der Waals surface area contributed by atoms with Gasteiger partial charge in [-0.2, -0.15) is 0 Å². The molecule has 24 heavy (non-hydrogen) atoms. The smallest absolute Gasteiger partial charge is 0.344 e. The van der Waals surface area contributed by atoms with Gasteiger partial charge in [-0.15, -0.1) is 10.2 Å².